The fraction of sp³-hybridized carbons (Fsp3) is 0.0476. The van der Waals surface area contributed by atoms with E-state index in [1.54, 1.807) is 36.4 Å². The van der Waals surface area contributed by atoms with Crippen LogP contribution in [0.3, 0.4) is 0 Å². The Labute approximate surface area is 189 Å². The molecule has 0 fully saturated rings. The van der Waals surface area contributed by atoms with E-state index in [1.165, 1.54) is 30.3 Å². The van der Waals surface area contributed by atoms with Crippen molar-refractivity contribution < 1.29 is 18.0 Å². The van der Waals surface area contributed by atoms with Crippen LogP contribution < -0.4 is 15.4 Å². The highest BCUT2D eigenvalue weighted by Gasteiger charge is 2.10. The molecule has 0 atom stereocenters. The number of benzene rings is 3. The molecule has 7 nitrogen and oxygen atoms in total. The van der Waals surface area contributed by atoms with E-state index in [0.29, 0.717) is 38.2 Å². The normalized spacial score (nSPS) is 10.9. The summed E-state index contributed by atoms with van der Waals surface area (Å²) in [5.41, 5.74) is 2.07. The van der Waals surface area contributed by atoms with Crippen LogP contribution in [0.4, 0.5) is 17.1 Å². The fourth-order valence-corrected chi connectivity index (χ4v) is 3.72. The van der Waals surface area contributed by atoms with E-state index in [-0.39, 0.29) is 11.8 Å². The lowest BCUT2D eigenvalue weighted by molar-refractivity contribution is 0.102. The molecule has 0 aliphatic carbocycles. The van der Waals surface area contributed by atoms with Crippen LogP contribution in [0.5, 0.6) is 0 Å². The van der Waals surface area contributed by atoms with E-state index in [9.17, 15) is 18.0 Å². The molecule has 0 aliphatic heterocycles. The topological polar surface area (TPSA) is 104 Å². The maximum Gasteiger partial charge on any atom is 0.255 e. The second-order valence-electron chi connectivity index (χ2n) is 6.60. The van der Waals surface area contributed by atoms with Gasteiger partial charge in [-0.25, -0.2) is 8.42 Å². The fourth-order valence-electron chi connectivity index (χ4n) is 2.63. The smallest absolute Gasteiger partial charge is 0.255 e. The number of carbonyl (C=O) groups excluding carboxylic acids is 2. The summed E-state index contributed by atoms with van der Waals surface area (Å²) in [4.78, 5) is 24.8. The van der Waals surface area contributed by atoms with Crippen LogP contribution in [0.25, 0.3) is 0 Å². The Kier molecular flexibility index (Phi) is 6.84. The molecule has 0 aromatic heterocycles. The van der Waals surface area contributed by atoms with Gasteiger partial charge in [0, 0.05) is 38.2 Å². The minimum Gasteiger partial charge on any atom is -0.322 e. The van der Waals surface area contributed by atoms with Crippen molar-refractivity contribution in [2.75, 3.05) is 21.6 Å². The lowest BCUT2D eigenvalue weighted by Gasteiger charge is -2.09. The SMILES string of the molecule is CS(=O)(=O)Nc1ccc(NC(=O)c2ccc(NC(=O)c3cc(Cl)cc(Cl)c3)cc2)cc1. The third kappa shape index (κ3) is 6.71. The van der Waals surface area contributed by atoms with Crippen molar-refractivity contribution >= 4 is 62.1 Å². The number of halogens is 2. The van der Waals surface area contributed by atoms with Crippen molar-refractivity contribution in [1.82, 2.24) is 0 Å². The molecule has 160 valence electrons. The van der Waals surface area contributed by atoms with E-state index in [4.69, 9.17) is 23.2 Å². The number of rotatable bonds is 6. The Morgan fingerprint density at radius 3 is 1.58 bits per heavy atom. The van der Waals surface area contributed by atoms with Gasteiger partial charge in [-0.1, -0.05) is 23.2 Å². The monoisotopic (exact) mass is 477 g/mol. The average Bonchev–Trinajstić information content (AvgIpc) is 2.68. The van der Waals surface area contributed by atoms with Gasteiger partial charge in [0.25, 0.3) is 11.8 Å². The molecule has 3 aromatic carbocycles. The molecule has 3 rings (SSSR count). The van der Waals surface area contributed by atoms with Crippen LogP contribution in [0.2, 0.25) is 10.0 Å². The summed E-state index contributed by atoms with van der Waals surface area (Å²) in [6.07, 6.45) is 1.05. The predicted octanol–water partition coefficient (Wildman–Crippen LogP) is 4.87. The number of anilines is 3. The quantitative estimate of drug-likeness (QED) is 0.470. The standard InChI is InChI=1S/C21H17Cl2N3O4S/c1-31(29,30)26-19-8-6-18(7-9-19)24-20(27)13-2-4-17(5-3-13)25-21(28)14-10-15(22)12-16(23)11-14/h2-12,26H,1H3,(H,24,27)(H,25,28). The van der Waals surface area contributed by atoms with Gasteiger partial charge < -0.3 is 10.6 Å². The van der Waals surface area contributed by atoms with Crippen LogP contribution in [0.15, 0.2) is 66.7 Å². The molecule has 0 bridgehead atoms. The summed E-state index contributed by atoms with van der Waals surface area (Å²) < 4.78 is 24.8. The van der Waals surface area contributed by atoms with E-state index >= 15 is 0 Å². The first kappa shape index (κ1) is 22.6. The Morgan fingerprint density at radius 2 is 1.10 bits per heavy atom. The molecule has 31 heavy (non-hydrogen) atoms. The Bertz CT molecular complexity index is 1210. The molecule has 2 amide bonds. The van der Waals surface area contributed by atoms with Crippen LogP contribution in [-0.2, 0) is 10.0 Å². The van der Waals surface area contributed by atoms with Crippen LogP contribution >= 0.6 is 23.2 Å². The zero-order chi connectivity index (χ0) is 22.6. The lowest BCUT2D eigenvalue weighted by Crippen LogP contribution is -2.14. The molecule has 0 unspecified atom stereocenters. The summed E-state index contributed by atoms with van der Waals surface area (Å²) in [5.74, 6) is -0.743. The van der Waals surface area contributed by atoms with E-state index in [1.807, 2.05) is 0 Å². The summed E-state index contributed by atoms with van der Waals surface area (Å²) in [6.45, 7) is 0. The molecule has 0 saturated carbocycles. The zero-order valence-electron chi connectivity index (χ0n) is 16.1. The maximum absolute atomic E-state index is 12.4. The summed E-state index contributed by atoms with van der Waals surface area (Å²) in [7, 11) is -3.37. The summed E-state index contributed by atoms with van der Waals surface area (Å²) in [6, 6.07) is 17.1. The predicted molar refractivity (Wildman–Crippen MR) is 124 cm³/mol. The lowest BCUT2D eigenvalue weighted by atomic mass is 10.1. The number of nitrogens with one attached hydrogen (secondary N) is 3. The summed E-state index contributed by atoms with van der Waals surface area (Å²) in [5, 5.41) is 6.13. The highest BCUT2D eigenvalue weighted by Crippen LogP contribution is 2.21. The molecule has 0 radical (unpaired) electrons. The number of hydrogen-bond donors (Lipinski definition) is 3. The number of sulfonamides is 1. The second kappa shape index (κ2) is 9.38. The van der Waals surface area contributed by atoms with Crippen molar-refractivity contribution in [3.8, 4) is 0 Å². The van der Waals surface area contributed by atoms with Gasteiger partial charge in [-0.2, -0.15) is 0 Å². The Morgan fingerprint density at radius 1 is 0.677 bits per heavy atom. The van der Waals surface area contributed by atoms with E-state index in [0.717, 1.165) is 6.26 Å². The van der Waals surface area contributed by atoms with Gasteiger partial charge >= 0.3 is 0 Å². The van der Waals surface area contributed by atoms with Gasteiger partial charge in [-0.3, -0.25) is 14.3 Å². The second-order valence-corrected chi connectivity index (χ2v) is 9.22. The number of carbonyl (C=O) groups is 2. The highest BCUT2D eigenvalue weighted by molar-refractivity contribution is 7.92. The molecule has 10 heteroatoms. The molecule has 0 spiro atoms. The van der Waals surface area contributed by atoms with Crippen molar-refractivity contribution in [2.24, 2.45) is 0 Å². The largest absolute Gasteiger partial charge is 0.322 e. The van der Waals surface area contributed by atoms with E-state index in [2.05, 4.69) is 15.4 Å². The average molecular weight is 478 g/mol. The van der Waals surface area contributed by atoms with Gasteiger partial charge in [0.05, 0.1) is 6.26 Å². The van der Waals surface area contributed by atoms with Gasteiger partial charge in [-0.05, 0) is 66.7 Å². The minimum absolute atomic E-state index is 0.313. The third-order valence-electron chi connectivity index (χ3n) is 3.98. The van der Waals surface area contributed by atoms with Gasteiger partial charge in [0.1, 0.15) is 0 Å². The first-order valence-electron chi connectivity index (χ1n) is 8.86. The molecule has 0 aliphatic rings. The van der Waals surface area contributed by atoms with E-state index < -0.39 is 10.0 Å². The first-order valence-corrected chi connectivity index (χ1v) is 11.5. The Hall–Kier alpha value is -3.07. The van der Waals surface area contributed by atoms with Gasteiger partial charge in [-0.15, -0.1) is 0 Å². The van der Waals surface area contributed by atoms with Gasteiger partial charge in [0.15, 0.2) is 0 Å². The molecule has 0 saturated heterocycles. The van der Waals surface area contributed by atoms with Crippen LogP contribution in [0.1, 0.15) is 20.7 Å². The van der Waals surface area contributed by atoms with Gasteiger partial charge in [0.2, 0.25) is 10.0 Å². The molecule has 0 heterocycles. The summed E-state index contributed by atoms with van der Waals surface area (Å²) >= 11 is 11.8. The number of hydrogen-bond acceptors (Lipinski definition) is 4. The molecule has 3 N–H and O–H groups in total. The molecular weight excluding hydrogens is 461 g/mol. The first-order chi connectivity index (χ1) is 14.6. The Balaban J connectivity index is 1.63. The molecular formula is C21H17Cl2N3O4S. The highest BCUT2D eigenvalue weighted by atomic mass is 35.5. The van der Waals surface area contributed by atoms with Crippen molar-refractivity contribution in [3.63, 3.8) is 0 Å². The van der Waals surface area contributed by atoms with Crippen molar-refractivity contribution in [2.45, 2.75) is 0 Å². The van der Waals surface area contributed by atoms with Crippen molar-refractivity contribution in [3.05, 3.63) is 87.9 Å². The number of amides is 2. The zero-order valence-corrected chi connectivity index (χ0v) is 18.5. The molecule has 3 aromatic rings. The maximum atomic E-state index is 12.4. The van der Waals surface area contributed by atoms with Crippen LogP contribution in [0, 0.1) is 0 Å². The third-order valence-corrected chi connectivity index (χ3v) is 5.02. The van der Waals surface area contributed by atoms with Crippen LogP contribution in [-0.4, -0.2) is 26.5 Å². The minimum atomic E-state index is -3.37. The van der Waals surface area contributed by atoms with Crippen molar-refractivity contribution in [1.29, 1.82) is 0 Å².